The zero-order valence-electron chi connectivity index (χ0n) is 14.1. The number of hydrogen-bond acceptors (Lipinski definition) is 5. The predicted octanol–water partition coefficient (Wildman–Crippen LogP) is 1.35. The van der Waals surface area contributed by atoms with Crippen molar-refractivity contribution in [1.82, 2.24) is 19.9 Å². The summed E-state index contributed by atoms with van der Waals surface area (Å²) in [6.07, 6.45) is 5.21. The highest BCUT2D eigenvalue weighted by molar-refractivity contribution is 5.89. The molecule has 3 fully saturated rings. The van der Waals surface area contributed by atoms with Gasteiger partial charge in [0.05, 0.1) is 5.92 Å². The second-order valence-electron chi connectivity index (χ2n) is 7.20. The monoisotopic (exact) mass is 332 g/mol. The third-order valence-electron chi connectivity index (χ3n) is 5.38. The molecule has 130 valence electrons. The van der Waals surface area contributed by atoms with Crippen LogP contribution >= 0.6 is 0 Å². The first-order valence-corrected chi connectivity index (χ1v) is 9.06. The van der Waals surface area contributed by atoms with E-state index in [0.717, 1.165) is 38.6 Å². The second-order valence-corrected chi connectivity index (χ2v) is 7.20. The molecule has 0 spiro atoms. The van der Waals surface area contributed by atoms with Crippen LogP contribution in [0.1, 0.15) is 56.7 Å². The fourth-order valence-corrected chi connectivity index (χ4v) is 3.86. The highest BCUT2D eigenvalue weighted by atomic mass is 16.5. The first kappa shape index (κ1) is 15.6. The normalized spacial score (nSPS) is 27.8. The summed E-state index contributed by atoms with van der Waals surface area (Å²) in [7, 11) is 0. The Bertz CT molecular complexity index is 640. The SMILES string of the molecule is CCc1nc([C@@H]2CCCN(C(=O)[C@H]3CC(=O)N(C4CC4)C3)C2)no1. The van der Waals surface area contributed by atoms with Crippen molar-refractivity contribution in [1.29, 1.82) is 0 Å². The topological polar surface area (TPSA) is 79.5 Å². The molecule has 2 aliphatic heterocycles. The molecule has 24 heavy (non-hydrogen) atoms. The van der Waals surface area contributed by atoms with Crippen LogP contribution in [0.3, 0.4) is 0 Å². The number of likely N-dealkylation sites (tertiary alicyclic amines) is 2. The molecule has 2 atom stereocenters. The van der Waals surface area contributed by atoms with E-state index in [2.05, 4.69) is 10.1 Å². The molecule has 2 amide bonds. The molecule has 0 bridgehead atoms. The van der Waals surface area contributed by atoms with Gasteiger partial charge in [-0.15, -0.1) is 0 Å². The van der Waals surface area contributed by atoms with Crippen molar-refractivity contribution in [2.45, 2.75) is 57.4 Å². The van der Waals surface area contributed by atoms with E-state index in [1.54, 1.807) is 0 Å². The van der Waals surface area contributed by atoms with E-state index >= 15 is 0 Å². The number of carbonyl (C=O) groups excluding carboxylic acids is 2. The van der Waals surface area contributed by atoms with Crippen molar-refractivity contribution < 1.29 is 14.1 Å². The van der Waals surface area contributed by atoms with Crippen LogP contribution in [0.25, 0.3) is 0 Å². The van der Waals surface area contributed by atoms with Gasteiger partial charge in [0, 0.05) is 44.4 Å². The lowest BCUT2D eigenvalue weighted by atomic mass is 9.95. The minimum absolute atomic E-state index is 0.121. The van der Waals surface area contributed by atoms with Gasteiger partial charge in [-0.1, -0.05) is 12.1 Å². The summed E-state index contributed by atoms with van der Waals surface area (Å²) in [5, 5.41) is 4.07. The molecule has 4 rings (SSSR count). The number of carbonyl (C=O) groups is 2. The zero-order valence-corrected chi connectivity index (χ0v) is 14.1. The van der Waals surface area contributed by atoms with Crippen molar-refractivity contribution in [3.63, 3.8) is 0 Å². The summed E-state index contributed by atoms with van der Waals surface area (Å²) in [5.74, 6) is 1.60. The van der Waals surface area contributed by atoms with Crippen LogP contribution in [0.15, 0.2) is 4.52 Å². The Morgan fingerprint density at radius 1 is 1.29 bits per heavy atom. The molecule has 0 aromatic carbocycles. The Labute approximate surface area is 141 Å². The predicted molar refractivity (Wildman–Crippen MR) is 85.1 cm³/mol. The van der Waals surface area contributed by atoms with E-state index in [1.165, 1.54) is 0 Å². The molecule has 1 aliphatic carbocycles. The lowest BCUT2D eigenvalue weighted by Crippen LogP contribution is -2.43. The maximum atomic E-state index is 12.9. The summed E-state index contributed by atoms with van der Waals surface area (Å²) in [5.41, 5.74) is 0. The Morgan fingerprint density at radius 3 is 2.83 bits per heavy atom. The maximum absolute atomic E-state index is 12.9. The van der Waals surface area contributed by atoms with E-state index < -0.39 is 0 Å². The van der Waals surface area contributed by atoms with E-state index in [1.807, 2.05) is 16.7 Å². The Hall–Kier alpha value is -1.92. The van der Waals surface area contributed by atoms with Crippen molar-refractivity contribution in [2.75, 3.05) is 19.6 Å². The molecule has 0 radical (unpaired) electrons. The fourth-order valence-electron chi connectivity index (χ4n) is 3.86. The van der Waals surface area contributed by atoms with Gasteiger partial charge in [-0.05, 0) is 25.7 Å². The number of amides is 2. The number of hydrogen-bond donors (Lipinski definition) is 0. The minimum Gasteiger partial charge on any atom is -0.342 e. The van der Waals surface area contributed by atoms with Crippen LogP contribution in [-0.2, 0) is 16.0 Å². The Kier molecular flexibility index (Phi) is 4.02. The molecule has 7 heteroatoms. The molecule has 1 saturated carbocycles. The van der Waals surface area contributed by atoms with Crippen LogP contribution in [-0.4, -0.2) is 57.4 Å². The second kappa shape index (κ2) is 6.18. The summed E-state index contributed by atoms with van der Waals surface area (Å²) >= 11 is 0. The summed E-state index contributed by atoms with van der Waals surface area (Å²) in [6, 6.07) is 0.399. The van der Waals surface area contributed by atoms with Crippen molar-refractivity contribution in [3.8, 4) is 0 Å². The van der Waals surface area contributed by atoms with Crippen molar-refractivity contribution >= 4 is 11.8 Å². The average Bonchev–Trinajstić information content (AvgIpc) is 3.19. The summed E-state index contributed by atoms with van der Waals surface area (Å²) in [6.45, 7) is 3.99. The molecular weight excluding hydrogens is 308 g/mol. The molecule has 0 unspecified atom stereocenters. The first-order valence-electron chi connectivity index (χ1n) is 9.06. The van der Waals surface area contributed by atoms with Crippen molar-refractivity contribution in [3.05, 3.63) is 11.7 Å². The number of aromatic nitrogens is 2. The number of piperidine rings is 1. The number of nitrogens with zero attached hydrogens (tertiary/aromatic N) is 4. The van der Waals surface area contributed by atoms with Gasteiger partial charge in [0.2, 0.25) is 17.7 Å². The van der Waals surface area contributed by atoms with Gasteiger partial charge in [0.15, 0.2) is 5.82 Å². The molecule has 0 N–H and O–H groups in total. The van der Waals surface area contributed by atoms with Crippen molar-refractivity contribution in [2.24, 2.45) is 5.92 Å². The maximum Gasteiger partial charge on any atom is 0.228 e. The van der Waals surface area contributed by atoms with E-state index in [4.69, 9.17) is 4.52 Å². The highest BCUT2D eigenvalue weighted by Gasteiger charge is 2.43. The molecule has 3 aliphatic rings. The average molecular weight is 332 g/mol. The van der Waals surface area contributed by atoms with Crippen LogP contribution in [0.5, 0.6) is 0 Å². The highest BCUT2D eigenvalue weighted by Crippen LogP contribution is 2.34. The smallest absolute Gasteiger partial charge is 0.228 e. The standard InChI is InChI=1S/C17H24N4O3/c1-2-14-18-16(19-24-14)11-4-3-7-20(9-11)17(23)12-8-15(22)21(10-12)13-5-6-13/h11-13H,2-10H2,1H3/t11-,12+/m1/s1. The quantitative estimate of drug-likeness (QED) is 0.831. The summed E-state index contributed by atoms with van der Waals surface area (Å²) in [4.78, 5) is 33.2. The van der Waals surface area contributed by atoms with E-state index in [0.29, 0.717) is 37.3 Å². The number of rotatable bonds is 4. The van der Waals surface area contributed by atoms with Gasteiger partial charge in [-0.2, -0.15) is 4.98 Å². The lowest BCUT2D eigenvalue weighted by Gasteiger charge is -2.33. The van der Waals surface area contributed by atoms with E-state index in [-0.39, 0.29) is 23.7 Å². The Morgan fingerprint density at radius 2 is 2.12 bits per heavy atom. The zero-order chi connectivity index (χ0) is 16.7. The largest absolute Gasteiger partial charge is 0.342 e. The van der Waals surface area contributed by atoms with Gasteiger partial charge >= 0.3 is 0 Å². The van der Waals surface area contributed by atoms with Crippen LogP contribution < -0.4 is 0 Å². The third-order valence-corrected chi connectivity index (χ3v) is 5.38. The van der Waals surface area contributed by atoms with Gasteiger partial charge in [-0.25, -0.2) is 0 Å². The molecule has 7 nitrogen and oxygen atoms in total. The lowest BCUT2D eigenvalue weighted by molar-refractivity contribution is -0.137. The molecule has 2 saturated heterocycles. The number of aryl methyl sites for hydroxylation is 1. The molecule has 1 aromatic rings. The molecule has 3 heterocycles. The van der Waals surface area contributed by atoms with Gasteiger partial charge in [0.1, 0.15) is 0 Å². The summed E-state index contributed by atoms with van der Waals surface area (Å²) < 4.78 is 5.21. The fraction of sp³-hybridized carbons (Fsp3) is 0.765. The first-order chi connectivity index (χ1) is 11.7. The van der Waals surface area contributed by atoms with Gasteiger partial charge < -0.3 is 14.3 Å². The van der Waals surface area contributed by atoms with E-state index in [9.17, 15) is 9.59 Å². The molecular formula is C17H24N4O3. The molecule has 1 aromatic heterocycles. The van der Waals surface area contributed by atoms with Gasteiger partial charge in [0.25, 0.3) is 0 Å². The van der Waals surface area contributed by atoms with Crippen LogP contribution in [0.2, 0.25) is 0 Å². The van der Waals surface area contributed by atoms with Crippen LogP contribution in [0, 0.1) is 5.92 Å². The third kappa shape index (κ3) is 2.91. The Balaban J connectivity index is 1.40. The van der Waals surface area contributed by atoms with Gasteiger partial charge in [-0.3, -0.25) is 9.59 Å². The minimum atomic E-state index is -0.173. The van der Waals surface area contributed by atoms with Crippen LogP contribution in [0.4, 0.5) is 0 Å².